The van der Waals surface area contributed by atoms with E-state index in [1.54, 1.807) is 0 Å². The Kier molecular flexibility index (Phi) is 24.0. The van der Waals surface area contributed by atoms with Gasteiger partial charge in [0, 0.05) is 25.7 Å². The molecule has 25 N–H and O–H groups in total. The molecule has 4 fully saturated rings. The van der Waals surface area contributed by atoms with Crippen LogP contribution in [0, 0.1) is 0 Å². The van der Waals surface area contributed by atoms with Crippen LogP contribution in [0.2, 0.25) is 0 Å². The van der Waals surface area contributed by atoms with E-state index >= 15 is 0 Å². The zero-order valence-electron chi connectivity index (χ0n) is 41.9. The fourth-order valence-electron chi connectivity index (χ4n) is 9.47. The third-order valence-corrected chi connectivity index (χ3v) is 13.6. The zero-order chi connectivity index (χ0) is 61.4. The summed E-state index contributed by atoms with van der Waals surface area (Å²) in [6.07, 6.45) is -48.1. The maximum atomic E-state index is 13.4. The molecule has 39 nitrogen and oxygen atoms in total. The van der Waals surface area contributed by atoms with Gasteiger partial charge in [0.2, 0.25) is 17.7 Å². The molecule has 24 atom stereocenters. The number of amides is 3. The number of aliphatic carboxylic acids is 4. The second kappa shape index (κ2) is 28.2. The lowest BCUT2D eigenvalue weighted by atomic mass is 9.86. The van der Waals surface area contributed by atoms with E-state index in [0.29, 0.717) is 0 Å². The van der Waals surface area contributed by atoms with Crippen molar-refractivity contribution >= 4 is 41.6 Å². The van der Waals surface area contributed by atoms with Crippen LogP contribution in [0.3, 0.4) is 0 Å². The van der Waals surface area contributed by atoms with Gasteiger partial charge in [-0.05, 0) is 0 Å². The molecule has 0 aromatic heterocycles. The second-order valence-electron chi connectivity index (χ2n) is 19.2. The highest BCUT2D eigenvalue weighted by Gasteiger charge is 2.63. The minimum Gasteiger partial charge on any atom is -0.477 e. The molecule has 0 unspecified atom stereocenters. The van der Waals surface area contributed by atoms with Crippen molar-refractivity contribution in [1.82, 2.24) is 16.0 Å². The van der Waals surface area contributed by atoms with Crippen LogP contribution >= 0.6 is 0 Å². The lowest BCUT2D eigenvalue weighted by molar-refractivity contribution is -0.364. The summed E-state index contributed by atoms with van der Waals surface area (Å²) in [5.74, 6) is -27.4. The van der Waals surface area contributed by atoms with Gasteiger partial charge < -0.3 is 161 Å². The predicted octanol–water partition coefficient (Wildman–Crippen LogP) is -15.6. The largest absolute Gasteiger partial charge is 0.477 e. The minimum absolute atomic E-state index is 1.23. The summed E-state index contributed by atoms with van der Waals surface area (Å²) in [6, 6.07) is -6.47. The zero-order valence-corrected chi connectivity index (χ0v) is 41.9. The normalized spacial score (nSPS) is 37.5. The Bertz CT molecular complexity index is 2180. The number of carbonyl (C=O) groups is 7. The lowest BCUT2D eigenvalue weighted by Crippen LogP contribution is -2.72. The molecule has 4 saturated heterocycles. The highest BCUT2D eigenvalue weighted by molar-refractivity contribution is 5.80. The van der Waals surface area contributed by atoms with Crippen LogP contribution in [0.4, 0.5) is 0 Å². The van der Waals surface area contributed by atoms with E-state index in [4.69, 9.17) is 33.2 Å². The van der Waals surface area contributed by atoms with Crippen molar-refractivity contribution < 1.29 is 179 Å². The van der Waals surface area contributed by atoms with Crippen LogP contribution in [-0.2, 0) is 66.7 Å². The highest BCUT2D eigenvalue weighted by Crippen LogP contribution is 2.41. The fourth-order valence-corrected chi connectivity index (χ4v) is 9.47. The smallest absolute Gasteiger partial charge is 0.364 e. The van der Waals surface area contributed by atoms with Crippen LogP contribution in [-0.4, -0.2) is 345 Å². The summed E-state index contributed by atoms with van der Waals surface area (Å²) in [7, 11) is 0. The summed E-state index contributed by atoms with van der Waals surface area (Å²) in [5, 5.41) is 238. The van der Waals surface area contributed by atoms with Crippen LogP contribution in [0.5, 0.6) is 0 Å². The van der Waals surface area contributed by atoms with Crippen LogP contribution in [0.15, 0.2) is 0 Å². The molecular formula is C42H67N3O36. The first-order valence-corrected chi connectivity index (χ1v) is 24.1. The van der Waals surface area contributed by atoms with Crippen molar-refractivity contribution in [2.75, 3.05) is 46.2 Å². The number of aliphatic hydroxyl groups excluding tert-OH is 17. The maximum absolute atomic E-state index is 13.4. The van der Waals surface area contributed by atoms with Crippen molar-refractivity contribution in [2.24, 2.45) is 0 Å². The first-order valence-electron chi connectivity index (χ1n) is 24.1. The molecule has 4 rings (SSSR count). The first kappa shape index (κ1) is 68.8. The molecule has 4 aliphatic heterocycles. The van der Waals surface area contributed by atoms with Gasteiger partial charge in [0.05, 0.1) is 69.0 Å². The Labute approximate surface area is 453 Å². The van der Waals surface area contributed by atoms with E-state index in [0.717, 1.165) is 0 Å². The van der Waals surface area contributed by atoms with E-state index in [1.165, 1.54) is 0 Å². The van der Waals surface area contributed by atoms with Crippen LogP contribution in [0.25, 0.3) is 0 Å². The van der Waals surface area contributed by atoms with Crippen molar-refractivity contribution in [2.45, 2.75) is 171 Å². The predicted molar refractivity (Wildman–Crippen MR) is 242 cm³/mol. The summed E-state index contributed by atoms with van der Waals surface area (Å²) >= 11 is 0. The average molecular weight is 1190 g/mol. The number of nitrogens with one attached hydrogen (secondary N) is 3. The van der Waals surface area contributed by atoms with Gasteiger partial charge >= 0.3 is 23.9 Å². The standard InChI is InChI=1S/C42H67N3O36/c46-5-16(57)27(62)34-26(61)15(56)4-42(81-34,38(72)73)77-19(8-49)30(65)33-25(45-22(60)11-52)14(55)3-41(80-33,37(70)71)76-18(7-48)29(64)32-24(44-21(59)10-51)13(54)2-40(79-32,36(68)69)75-17(6-47)28(63)31-23(43-20(58)9-50)12(53)1-39(74,78-31)35(66)67/h12-19,23-34,46-57,61-65,74H,1-11H2,(H,43,58)(H,44,59)(H,45,60)(H,66,67)(H,68,69)(H,70,71)(H,72,73)/t12-,13-,14-,15-,16+,17+,18+,19+,23+,24+,25+,26+,27+,28+,29+,30+,31+,32+,33+,34+,39+,40+,41+,42+/m0/s1. The molecule has 39 heteroatoms. The number of carboxylic acid groups (broad SMARTS) is 4. The first-order chi connectivity index (χ1) is 37.7. The van der Waals surface area contributed by atoms with E-state index in [-0.39, 0.29) is 0 Å². The summed E-state index contributed by atoms with van der Waals surface area (Å²) in [5.41, 5.74) is 0. The Morgan fingerprint density at radius 3 is 1.00 bits per heavy atom. The minimum atomic E-state index is -3.66. The molecule has 0 aromatic carbocycles. The summed E-state index contributed by atoms with van der Waals surface area (Å²) < 4.78 is 38.1. The van der Waals surface area contributed by atoms with E-state index < -0.39 is 259 Å². The van der Waals surface area contributed by atoms with Gasteiger partial charge in [-0.15, -0.1) is 0 Å². The fraction of sp³-hybridized carbons (Fsp3) is 0.833. The molecule has 0 aromatic rings. The number of aliphatic hydroxyl groups is 18. The van der Waals surface area contributed by atoms with Crippen molar-refractivity contribution in [3.8, 4) is 0 Å². The van der Waals surface area contributed by atoms with Gasteiger partial charge in [-0.2, -0.15) is 0 Å². The van der Waals surface area contributed by atoms with E-state index in [2.05, 4.69) is 0 Å². The third-order valence-electron chi connectivity index (χ3n) is 13.6. The molecule has 0 saturated carbocycles. The number of rotatable bonds is 28. The van der Waals surface area contributed by atoms with Gasteiger partial charge in [-0.1, -0.05) is 0 Å². The third kappa shape index (κ3) is 15.0. The molecular weight excluding hydrogens is 1120 g/mol. The Balaban J connectivity index is 1.80. The van der Waals surface area contributed by atoms with Crippen LogP contribution < -0.4 is 16.0 Å². The molecule has 0 spiro atoms. The van der Waals surface area contributed by atoms with Gasteiger partial charge in [-0.25, -0.2) is 19.2 Å². The van der Waals surface area contributed by atoms with Gasteiger partial charge in [0.25, 0.3) is 23.1 Å². The average Bonchev–Trinajstić information content (AvgIpc) is 3.63. The number of carboxylic acids is 4. The SMILES string of the molecule is O=C(CO)N[C@H]1[C@H]([C@H](O)[C@@H](CO)O[C@]2(C(=O)O)C[C@H](O)[C@@H](O)[C@H]([C@H](O)[C@H](O)CO)O2)O[C@@](O[C@H](CO)[C@@H](O)[C@@H]2O[C@@](O[C@H](CO)[C@@H](O)[C@@H]3O[C@@](O)(C(=O)O)C[C@H](O)[C@H]3NC(=O)CO)(C(=O)O)C[C@H](O)[C@H]2NC(=O)CO)(C(=O)O)C[C@@H]1O. The molecule has 81 heavy (non-hydrogen) atoms. The van der Waals surface area contributed by atoms with Crippen molar-refractivity contribution in [3.63, 3.8) is 0 Å². The highest BCUT2D eigenvalue weighted by atomic mass is 16.8. The Morgan fingerprint density at radius 2 is 0.716 bits per heavy atom. The van der Waals surface area contributed by atoms with Crippen molar-refractivity contribution in [1.29, 1.82) is 0 Å². The van der Waals surface area contributed by atoms with Crippen molar-refractivity contribution in [3.05, 3.63) is 0 Å². The number of ether oxygens (including phenoxy) is 7. The van der Waals surface area contributed by atoms with E-state index in [1.807, 2.05) is 16.0 Å². The molecule has 0 bridgehead atoms. The molecule has 466 valence electrons. The lowest BCUT2D eigenvalue weighted by Gasteiger charge is -2.51. The molecule has 0 radical (unpaired) electrons. The second-order valence-corrected chi connectivity index (χ2v) is 19.2. The van der Waals surface area contributed by atoms with Crippen LogP contribution in [0.1, 0.15) is 25.7 Å². The molecule has 3 amide bonds. The molecule has 4 aliphatic rings. The van der Waals surface area contributed by atoms with Gasteiger partial charge in [0.15, 0.2) is 0 Å². The summed E-state index contributed by atoms with van der Waals surface area (Å²) in [6.45, 7) is -10.3. The van der Waals surface area contributed by atoms with Gasteiger partial charge in [-0.3, -0.25) is 14.4 Å². The molecule has 4 heterocycles. The Hall–Kier alpha value is -4.71. The number of carbonyl (C=O) groups excluding carboxylic acids is 3. The Morgan fingerprint density at radius 1 is 0.420 bits per heavy atom. The summed E-state index contributed by atoms with van der Waals surface area (Å²) in [4.78, 5) is 88.8. The number of hydrogen-bond acceptors (Lipinski definition) is 32. The quantitative estimate of drug-likeness (QED) is 0.0346. The molecule has 0 aliphatic carbocycles. The topological polar surface area (TPSA) is 665 Å². The number of hydrogen-bond donors (Lipinski definition) is 25. The van der Waals surface area contributed by atoms with Gasteiger partial charge in [0.1, 0.15) is 99.2 Å². The van der Waals surface area contributed by atoms with E-state index in [9.17, 15) is 146 Å². The maximum Gasteiger partial charge on any atom is 0.364 e. The monoisotopic (exact) mass is 1190 g/mol.